The highest BCUT2D eigenvalue weighted by Crippen LogP contribution is 2.69. The van der Waals surface area contributed by atoms with Gasteiger partial charge in [-0.1, -0.05) is 0 Å². The average molecular weight is 574 g/mol. The van der Waals surface area contributed by atoms with E-state index in [1.54, 1.807) is 18.2 Å². The van der Waals surface area contributed by atoms with E-state index in [-0.39, 0.29) is 39.5 Å². The first-order chi connectivity index (χ1) is 20.6. The number of fused-ring (bicyclic) bond motifs is 9. The van der Waals surface area contributed by atoms with Gasteiger partial charge in [-0.25, -0.2) is 0 Å². The van der Waals surface area contributed by atoms with Crippen molar-refractivity contribution in [3.05, 3.63) is 58.8 Å². The van der Waals surface area contributed by atoms with Crippen molar-refractivity contribution >= 4 is 11.0 Å². The SMILES string of the molecule is CCO[C@@]12OCO[C@@]13Oc1cc4c(cc1[C@H]3c1c(oc3cc5c(cc13)OCO5)[C@H]2c1cc2c(cc1O)OCO2)OCO4. The molecular weight excluding hydrogens is 552 g/mol. The van der Waals surface area contributed by atoms with Crippen LogP contribution in [-0.2, 0) is 14.2 Å². The fourth-order valence-electron chi connectivity index (χ4n) is 7.27. The molecule has 4 atom stereocenters. The van der Waals surface area contributed by atoms with Crippen molar-refractivity contribution in [2.24, 2.45) is 0 Å². The molecule has 0 unspecified atom stereocenters. The van der Waals surface area contributed by atoms with Crippen molar-refractivity contribution in [2.75, 3.05) is 33.8 Å². The second-order valence-electron chi connectivity index (χ2n) is 10.7. The Morgan fingerprint density at radius 3 is 2.10 bits per heavy atom. The summed E-state index contributed by atoms with van der Waals surface area (Å²) in [6.07, 6.45) is 0. The number of phenolic OH excluding ortho intramolecular Hbond substituents is 1. The molecule has 1 saturated heterocycles. The molecule has 214 valence electrons. The van der Waals surface area contributed by atoms with E-state index >= 15 is 0 Å². The molecular formula is C30H22O12. The van der Waals surface area contributed by atoms with Crippen molar-refractivity contribution in [1.82, 2.24) is 0 Å². The molecule has 42 heavy (non-hydrogen) atoms. The maximum absolute atomic E-state index is 11.4. The Labute approximate surface area is 237 Å². The highest BCUT2D eigenvalue weighted by atomic mass is 16.9. The molecule has 12 nitrogen and oxygen atoms in total. The van der Waals surface area contributed by atoms with E-state index in [9.17, 15) is 5.11 Å². The van der Waals surface area contributed by atoms with E-state index < -0.39 is 23.4 Å². The fraction of sp³-hybridized carbons (Fsp3) is 0.333. The molecule has 0 radical (unpaired) electrons. The summed E-state index contributed by atoms with van der Waals surface area (Å²) >= 11 is 0. The highest BCUT2D eigenvalue weighted by molar-refractivity contribution is 5.89. The number of benzene rings is 3. The van der Waals surface area contributed by atoms with Crippen LogP contribution >= 0.6 is 0 Å². The number of hydrogen-bond donors (Lipinski definition) is 1. The van der Waals surface area contributed by atoms with Crippen LogP contribution in [0.3, 0.4) is 0 Å². The van der Waals surface area contributed by atoms with Gasteiger partial charge in [0, 0.05) is 46.9 Å². The molecule has 6 heterocycles. The third-order valence-corrected chi connectivity index (χ3v) is 8.86. The maximum atomic E-state index is 11.4. The molecule has 5 aliphatic heterocycles. The fourth-order valence-corrected chi connectivity index (χ4v) is 7.27. The number of phenols is 1. The monoisotopic (exact) mass is 574 g/mol. The van der Waals surface area contributed by atoms with Crippen molar-refractivity contribution in [1.29, 1.82) is 0 Å². The van der Waals surface area contributed by atoms with Gasteiger partial charge in [0.05, 0.1) is 5.92 Å². The molecule has 10 rings (SSSR count). The molecule has 12 heteroatoms. The van der Waals surface area contributed by atoms with Crippen molar-refractivity contribution < 1.29 is 56.9 Å². The summed E-state index contributed by atoms with van der Waals surface area (Å²) in [5.41, 5.74) is 2.57. The summed E-state index contributed by atoms with van der Waals surface area (Å²) in [7, 11) is 0. The Hall–Kier alpha value is -4.52. The lowest BCUT2D eigenvalue weighted by molar-refractivity contribution is -0.311. The van der Waals surface area contributed by atoms with E-state index in [0.717, 1.165) is 16.5 Å². The van der Waals surface area contributed by atoms with Gasteiger partial charge in [0.1, 0.15) is 28.8 Å². The molecule has 4 aromatic rings. The van der Waals surface area contributed by atoms with Gasteiger partial charge in [0.2, 0.25) is 20.4 Å². The Morgan fingerprint density at radius 2 is 1.36 bits per heavy atom. The summed E-state index contributed by atoms with van der Waals surface area (Å²) in [5.74, 6) is -0.328. The van der Waals surface area contributed by atoms with Gasteiger partial charge in [-0.05, 0) is 25.1 Å². The van der Waals surface area contributed by atoms with Crippen LogP contribution < -0.4 is 33.2 Å². The molecule has 1 aromatic heterocycles. The topological polar surface area (TPSA) is 126 Å². The minimum Gasteiger partial charge on any atom is -0.507 e. The van der Waals surface area contributed by atoms with Crippen LogP contribution in [-0.4, -0.2) is 50.5 Å². The number of rotatable bonds is 3. The zero-order valence-electron chi connectivity index (χ0n) is 22.1. The van der Waals surface area contributed by atoms with Crippen molar-refractivity contribution in [3.8, 4) is 46.0 Å². The first-order valence-electron chi connectivity index (χ1n) is 13.6. The molecule has 0 saturated carbocycles. The summed E-state index contributed by atoms with van der Waals surface area (Å²) in [6.45, 7) is 2.25. The van der Waals surface area contributed by atoms with Gasteiger partial charge in [0.15, 0.2) is 41.3 Å². The standard InChI is InChI=1S/C30H22O12/c1-2-38-29-27(13-3-19-22(6-16(13)31)35-9-32-19)28-25(14-4-20-23(36-10-33-20)7-17(14)41-28)26-15-5-21-24(37-11-34-21)8-18(15)42-30(26,29)40-12-39-29/h3-8,26-27,31H,2,9-12H2,1H3/t26-,27+,29-,30-/m0/s1. The van der Waals surface area contributed by atoms with Gasteiger partial charge < -0.3 is 56.9 Å². The lowest BCUT2D eigenvalue weighted by atomic mass is 9.67. The summed E-state index contributed by atoms with van der Waals surface area (Å²) in [5, 5.41) is 12.2. The summed E-state index contributed by atoms with van der Waals surface area (Å²) < 4.78 is 67.1. The largest absolute Gasteiger partial charge is 0.507 e. The number of aromatic hydroxyl groups is 1. The van der Waals surface area contributed by atoms with Crippen LogP contribution in [0.15, 0.2) is 40.8 Å². The van der Waals surface area contributed by atoms with Gasteiger partial charge >= 0.3 is 0 Å². The molecule has 1 spiro atoms. The van der Waals surface area contributed by atoms with Crippen LogP contribution in [0.1, 0.15) is 41.2 Å². The van der Waals surface area contributed by atoms with Crippen LogP contribution in [0.5, 0.6) is 46.0 Å². The van der Waals surface area contributed by atoms with E-state index in [1.807, 2.05) is 19.1 Å². The third kappa shape index (κ3) is 2.60. The molecule has 6 aliphatic rings. The average Bonchev–Trinajstić information content (AvgIpc) is 3.81. The second-order valence-corrected chi connectivity index (χ2v) is 10.7. The molecule has 1 N–H and O–H groups in total. The number of ether oxygens (including phenoxy) is 10. The van der Waals surface area contributed by atoms with Crippen molar-refractivity contribution in [3.63, 3.8) is 0 Å². The lowest BCUT2D eigenvalue weighted by Crippen LogP contribution is -2.64. The third-order valence-electron chi connectivity index (χ3n) is 8.86. The van der Waals surface area contributed by atoms with Crippen LogP contribution in [0.4, 0.5) is 0 Å². The summed E-state index contributed by atoms with van der Waals surface area (Å²) in [4.78, 5) is 0. The van der Waals surface area contributed by atoms with Gasteiger partial charge in [0.25, 0.3) is 11.6 Å². The molecule has 1 fully saturated rings. The van der Waals surface area contributed by atoms with E-state index in [2.05, 4.69) is 0 Å². The van der Waals surface area contributed by atoms with Crippen LogP contribution in [0.25, 0.3) is 11.0 Å². The van der Waals surface area contributed by atoms with E-state index in [0.29, 0.717) is 57.2 Å². The number of hydrogen-bond acceptors (Lipinski definition) is 12. The molecule has 3 aromatic carbocycles. The predicted molar refractivity (Wildman–Crippen MR) is 138 cm³/mol. The Morgan fingerprint density at radius 1 is 0.714 bits per heavy atom. The minimum atomic E-state index is -1.60. The second kappa shape index (κ2) is 7.65. The Balaban J connectivity index is 1.32. The quantitative estimate of drug-likeness (QED) is 0.372. The molecule has 0 bridgehead atoms. The maximum Gasteiger partial charge on any atom is 0.279 e. The van der Waals surface area contributed by atoms with Crippen molar-refractivity contribution in [2.45, 2.75) is 30.3 Å². The first-order valence-corrected chi connectivity index (χ1v) is 13.6. The minimum absolute atomic E-state index is 0.0415. The Bertz CT molecular complexity index is 1850. The van der Waals surface area contributed by atoms with E-state index in [4.69, 9.17) is 51.8 Å². The normalized spacial score (nSPS) is 28.4. The number of furan rings is 1. The smallest absolute Gasteiger partial charge is 0.279 e. The van der Waals surface area contributed by atoms with Gasteiger partial charge in [-0.3, -0.25) is 0 Å². The van der Waals surface area contributed by atoms with Crippen LogP contribution in [0.2, 0.25) is 0 Å². The molecule has 0 amide bonds. The zero-order chi connectivity index (χ0) is 27.8. The zero-order valence-corrected chi connectivity index (χ0v) is 22.1. The molecule has 1 aliphatic carbocycles. The lowest BCUT2D eigenvalue weighted by Gasteiger charge is -2.48. The Kier molecular flexibility index (Phi) is 4.21. The van der Waals surface area contributed by atoms with Gasteiger partial charge in [-0.2, -0.15) is 0 Å². The van der Waals surface area contributed by atoms with E-state index in [1.165, 1.54) is 6.07 Å². The van der Waals surface area contributed by atoms with Crippen LogP contribution in [0, 0.1) is 0 Å². The summed E-state index contributed by atoms with van der Waals surface area (Å²) in [6, 6.07) is 10.7. The highest BCUT2D eigenvalue weighted by Gasteiger charge is 2.77. The van der Waals surface area contributed by atoms with Gasteiger partial charge in [-0.15, -0.1) is 0 Å². The first kappa shape index (κ1) is 23.1. The predicted octanol–water partition coefficient (Wildman–Crippen LogP) is 4.43.